The van der Waals surface area contributed by atoms with Crippen LogP contribution in [0, 0.1) is 0 Å². The normalized spacial score (nSPS) is 11.8. The molecule has 0 radical (unpaired) electrons. The molecule has 0 aliphatic heterocycles. The number of hydrogen-bond acceptors (Lipinski definition) is 1. The minimum Gasteiger partial charge on any atom is -0.338 e. The van der Waals surface area contributed by atoms with Crippen molar-refractivity contribution >= 4 is 11.0 Å². The van der Waals surface area contributed by atoms with E-state index in [0.29, 0.717) is 11.3 Å². The predicted molar refractivity (Wildman–Crippen MR) is 92.0 cm³/mol. The molecule has 0 aliphatic carbocycles. The van der Waals surface area contributed by atoms with Gasteiger partial charge in [-0.05, 0) is 23.3 Å². The molecule has 124 valence electrons. The van der Waals surface area contributed by atoms with E-state index < -0.39 is 11.7 Å². The van der Waals surface area contributed by atoms with Gasteiger partial charge in [0.25, 0.3) is 0 Å². The number of H-pyrrole nitrogens is 1. The Kier molecular flexibility index (Phi) is 3.57. The summed E-state index contributed by atoms with van der Waals surface area (Å²) in [6.07, 6.45) is -4.43. The van der Waals surface area contributed by atoms with Crippen LogP contribution in [-0.2, 0) is 6.18 Å². The van der Waals surface area contributed by atoms with Crippen molar-refractivity contribution in [3.8, 4) is 22.5 Å². The van der Waals surface area contributed by atoms with Gasteiger partial charge in [-0.1, -0.05) is 60.7 Å². The SMILES string of the molecule is FC(F)(F)c1cccc2[nH]c(-c3ccc(-c4ccccc4)cc3)nc12. The van der Waals surface area contributed by atoms with Crippen LogP contribution in [0.2, 0.25) is 0 Å². The molecule has 0 fully saturated rings. The second-order valence-electron chi connectivity index (χ2n) is 5.73. The van der Waals surface area contributed by atoms with E-state index in [2.05, 4.69) is 9.97 Å². The average molecular weight is 338 g/mol. The van der Waals surface area contributed by atoms with E-state index in [0.717, 1.165) is 22.8 Å². The summed E-state index contributed by atoms with van der Waals surface area (Å²) in [5.74, 6) is 0.423. The molecule has 0 atom stereocenters. The number of aromatic amines is 1. The Morgan fingerprint density at radius 3 is 2.00 bits per heavy atom. The third-order valence-corrected chi connectivity index (χ3v) is 4.08. The lowest BCUT2D eigenvalue weighted by Gasteiger charge is -2.06. The van der Waals surface area contributed by atoms with E-state index in [1.165, 1.54) is 6.07 Å². The fourth-order valence-electron chi connectivity index (χ4n) is 2.85. The number of alkyl halides is 3. The number of hydrogen-bond donors (Lipinski definition) is 1. The monoisotopic (exact) mass is 338 g/mol. The first-order valence-electron chi connectivity index (χ1n) is 7.74. The first-order chi connectivity index (χ1) is 12.0. The summed E-state index contributed by atoms with van der Waals surface area (Å²) in [5.41, 5.74) is 2.45. The molecule has 0 saturated carbocycles. The van der Waals surface area contributed by atoms with E-state index in [9.17, 15) is 13.2 Å². The molecule has 25 heavy (non-hydrogen) atoms. The second-order valence-corrected chi connectivity index (χ2v) is 5.73. The van der Waals surface area contributed by atoms with E-state index in [1.54, 1.807) is 6.07 Å². The Hall–Kier alpha value is -3.08. The zero-order valence-corrected chi connectivity index (χ0v) is 13.0. The topological polar surface area (TPSA) is 28.7 Å². The Bertz CT molecular complexity index is 1020. The van der Waals surface area contributed by atoms with Gasteiger partial charge in [0.1, 0.15) is 11.3 Å². The summed E-state index contributed by atoms with van der Waals surface area (Å²) in [5, 5.41) is 0. The maximum Gasteiger partial charge on any atom is 0.418 e. The van der Waals surface area contributed by atoms with Gasteiger partial charge in [-0.25, -0.2) is 4.98 Å². The first kappa shape index (κ1) is 15.4. The number of rotatable bonds is 2. The van der Waals surface area contributed by atoms with Gasteiger partial charge in [0, 0.05) is 5.56 Å². The van der Waals surface area contributed by atoms with Crippen LogP contribution in [0.15, 0.2) is 72.8 Å². The van der Waals surface area contributed by atoms with Crippen molar-refractivity contribution in [1.82, 2.24) is 9.97 Å². The van der Waals surface area contributed by atoms with E-state index >= 15 is 0 Å². The molecule has 4 rings (SSSR count). The molecule has 0 amide bonds. The van der Waals surface area contributed by atoms with Crippen LogP contribution >= 0.6 is 0 Å². The van der Waals surface area contributed by atoms with E-state index in [-0.39, 0.29) is 5.52 Å². The first-order valence-corrected chi connectivity index (χ1v) is 7.74. The number of para-hydroxylation sites is 1. The summed E-state index contributed by atoms with van der Waals surface area (Å²) in [7, 11) is 0. The fraction of sp³-hybridized carbons (Fsp3) is 0.0500. The van der Waals surface area contributed by atoms with Crippen molar-refractivity contribution in [1.29, 1.82) is 0 Å². The third-order valence-electron chi connectivity index (χ3n) is 4.08. The Morgan fingerprint density at radius 2 is 1.32 bits per heavy atom. The number of benzene rings is 3. The van der Waals surface area contributed by atoms with Crippen LogP contribution in [0.25, 0.3) is 33.5 Å². The Balaban J connectivity index is 1.75. The van der Waals surface area contributed by atoms with E-state index in [1.807, 2.05) is 54.6 Å². The lowest BCUT2D eigenvalue weighted by atomic mass is 10.0. The molecule has 1 heterocycles. The molecule has 0 saturated heterocycles. The van der Waals surface area contributed by atoms with Crippen LogP contribution in [0.5, 0.6) is 0 Å². The van der Waals surface area contributed by atoms with Crippen molar-refractivity contribution < 1.29 is 13.2 Å². The molecule has 5 heteroatoms. The number of nitrogens with zero attached hydrogens (tertiary/aromatic N) is 1. The molecule has 0 spiro atoms. The van der Waals surface area contributed by atoms with Gasteiger partial charge in [-0.15, -0.1) is 0 Å². The highest BCUT2D eigenvalue weighted by molar-refractivity contribution is 5.83. The molecule has 4 aromatic rings. The minimum absolute atomic E-state index is 0.0582. The fourth-order valence-corrected chi connectivity index (χ4v) is 2.85. The van der Waals surface area contributed by atoms with E-state index in [4.69, 9.17) is 0 Å². The van der Waals surface area contributed by atoms with Gasteiger partial charge in [-0.3, -0.25) is 0 Å². The molecular weight excluding hydrogens is 325 g/mol. The largest absolute Gasteiger partial charge is 0.418 e. The van der Waals surface area contributed by atoms with Crippen molar-refractivity contribution in [2.75, 3.05) is 0 Å². The number of imidazole rings is 1. The number of aromatic nitrogens is 2. The molecule has 3 aromatic carbocycles. The smallest absolute Gasteiger partial charge is 0.338 e. The number of fused-ring (bicyclic) bond motifs is 1. The molecule has 0 bridgehead atoms. The second kappa shape index (κ2) is 5.77. The molecular formula is C20H13F3N2. The van der Waals surface area contributed by atoms with Crippen molar-refractivity contribution in [2.24, 2.45) is 0 Å². The number of halogens is 3. The summed E-state index contributed by atoms with van der Waals surface area (Å²) in [4.78, 5) is 7.15. The van der Waals surface area contributed by atoms with Gasteiger partial charge in [-0.2, -0.15) is 13.2 Å². The summed E-state index contributed by atoms with van der Waals surface area (Å²) < 4.78 is 39.3. The van der Waals surface area contributed by atoms with Crippen LogP contribution in [0.3, 0.4) is 0 Å². The minimum atomic E-state index is -4.43. The summed E-state index contributed by atoms with van der Waals surface area (Å²) in [6.45, 7) is 0. The van der Waals surface area contributed by atoms with Gasteiger partial charge in [0.15, 0.2) is 0 Å². The predicted octanol–water partition coefficient (Wildman–Crippen LogP) is 5.92. The molecule has 1 N–H and O–H groups in total. The zero-order valence-electron chi connectivity index (χ0n) is 13.0. The average Bonchev–Trinajstić information content (AvgIpc) is 3.06. The molecule has 2 nitrogen and oxygen atoms in total. The van der Waals surface area contributed by atoms with Crippen molar-refractivity contribution in [3.63, 3.8) is 0 Å². The van der Waals surface area contributed by atoms with Crippen LogP contribution in [0.1, 0.15) is 5.56 Å². The zero-order chi connectivity index (χ0) is 17.4. The highest BCUT2D eigenvalue weighted by atomic mass is 19.4. The van der Waals surface area contributed by atoms with Crippen molar-refractivity contribution in [3.05, 3.63) is 78.4 Å². The standard InChI is InChI=1S/C20H13F3N2/c21-20(22,23)16-7-4-8-17-18(16)25-19(24-17)15-11-9-14(10-12-15)13-5-2-1-3-6-13/h1-12H,(H,24,25). The lowest BCUT2D eigenvalue weighted by Crippen LogP contribution is -2.05. The third kappa shape index (κ3) is 2.89. The summed E-state index contributed by atoms with van der Waals surface area (Å²) in [6, 6.07) is 21.5. The maximum absolute atomic E-state index is 13.1. The summed E-state index contributed by atoms with van der Waals surface area (Å²) >= 11 is 0. The highest BCUT2D eigenvalue weighted by Gasteiger charge is 2.33. The van der Waals surface area contributed by atoms with Gasteiger partial charge < -0.3 is 4.98 Å². The van der Waals surface area contributed by atoms with Gasteiger partial charge in [0.2, 0.25) is 0 Å². The molecule has 0 unspecified atom stereocenters. The number of nitrogens with one attached hydrogen (secondary N) is 1. The van der Waals surface area contributed by atoms with Gasteiger partial charge >= 0.3 is 6.18 Å². The van der Waals surface area contributed by atoms with Gasteiger partial charge in [0.05, 0.1) is 11.1 Å². The lowest BCUT2D eigenvalue weighted by molar-refractivity contribution is -0.136. The van der Waals surface area contributed by atoms with Crippen LogP contribution in [0.4, 0.5) is 13.2 Å². The maximum atomic E-state index is 13.1. The van der Waals surface area contributed by atoms with Crippen LogP contribution in [-0.4, -0.2) is 9.97 Å². The van der Waals surface area contributed by atoms with Crippen molar-refractivity contribution in [2.45, 2.75) is 6.18 Å². The molecule has 1 aromatic heterocycles. The highest BCUT2D eigenvalue weighted by Crippen LogP contribution is 2.35. The van der Waals surface area contributed by atoms with Crippen LogP contribution < -0.4 is 0 Å². The molecule has 0 aliphatic rings. The quantitative estimate of drug-likeness (QED) is 0.483. The Labute approximate surface area is 142 Å². The Morgan fingerprint density at radius 1 is 0.680 bits per heavy atom.